The molecule has 0 aromatic carbocycles. The van der Waals surface area contributed by atoms with Crippen LogP contribution in [-0.4, -0.2) is 21.2 Å². The van der Waals surface area contributed by atoms with Gasteiger partial charge in [0.25, 0.3) is 0 Å². The molecule has 0 saturated heterocycles. The number of nitrogens with one attached hydrogen (secondary N) is 1. The van der Waals surface area contributed by atoms with Gasteiger partial charge in [-0.25, -0.2) is 0 Å². The summed E-state index contributed by atoms with van der Waals surface area (Å²) < 4.78 is 0. The van der Waals surface area contributed by atoms with Crippen LogP contribution in [0.2, 0.25) is 0 Å². The number of H-pyrrole nitrogens is 1. The van der Waals surface area contributed by atoms with Crippen LogP contribution in [0.3, 0.4) is 0 Å². The Morgan fingerprint density at radius 2 is 2.64 bits per heavy atom. The summed E-state index contributed by atoms with van der Waals surface area (Å²) in [5.74, 6) is 0.646. The highest BCUT2D eigenvalue weighted by Crippen LogP contribution is 1.91. The van der Waals surface area contributed by atoms with Gasteiger partial charge in [0.05, 0.1) is 18.6 Å². The zero-order chi connectivity index (χ0) is 8.10. The maximum absolute atomic E-state index is 5.48. The number of nitrogens with two attached hydrogens (primary N) is 1. The van der Waals surface area contributed by atoms with Crippen molar-refractivity contribution in [1.29, 1.82) is 0 Å². The SMILES string of the molecule is CCC(N)=NCc1cn[nH]n1. The molecule has 0 aliphatic rings. The zero-order valence-corrected chi connectivity index (χ0v) is 6.41. The molecule has 5 heteroatoms. The molecular formula is C6H11N5. The first-order valence-electron chi connectivity index (χ1n) is 3.46. The van der Waals surface area contributed by atoms with E-state index in [0.717, 1.165) is 12.1 Å². The van der Waals surface area contributed by atoms with Crippen molar-refractivity contribution in [3.8, 4) is 0 Å². The fourth-order valence-corrected chi connectivity index (χ4v) is 0.596. The normalized spacial score (nSPS) is 11.9. The monoisotopic (exact) mass is 153 g/mol. The van der Waals surface area contributed by atoms with E-state index in [0.29, 0.717) is 12.4 Å². The third-order valence-corrected chi connectivity index (χ3v) is 1.27. The summed E-state index contributed by atoms with van der Waals surface area (Å²) in [5.41, 5.74) is 6.29. The number of aromatic amines is 1. The number of hydrogen-bond acceptors (Lipinski definition) is 3. The molecule has 11 heavy (non-hydrogen) atoms. The zero-order valence-electron chi connectivity index (χ0n) is 6.41. The Bertz CT molecular complexity index is 225. The van der Waals surface area contributed by atoms with Crippen molar-refractivity contribution >= 4 is 5.84 Å². The summed E-state index contributed by atoms with van der Waals surface area (Å²) in [6.45, 7) is 2.47. The van der Waals surface area contributed by atoms with Crippen LogP contribution in [0.5, 0.6) is 0 Å². The van der Waals surface area contributed by atoms with E-state index in [2.05, 4.69) is 20.4 Å². The molecule has 0 amide bonds. The Balaban J connectivity index is 2.45. The molecule has 0 radical (unpaired) electrons. The second-order valence-electron chi connectivity index (χ2n) is 2.12. The molecule has 0 spiro atoms. The maximum atomic E-state index is 5.48. The summed E-state index contributed by atoms with van der Waals surface area (Å²) >= 11 is 0. The second-order valence-corrected chi connectivity index (χ2v) is 2.12. The highest BCUT2D eigenvalue weighted by atomic mass is 15.3. The first-order chi connectivity index (χ1) is 5.33. The van der Waals surface area contributed by atoms with Crippen molar-refractivity contribution in [1.82, 2.24) is 15.4 Å². The molecule has 1 aromatic rings. The van der Waals surface area contributed by atoms with Crippen molar-refractivity contribution in [2.75, 3.05) is 0 Å². The van der Waals surface area contributed by atoms with E-state index in [1.54, 1.807) is 6.20 Å². The van der Waals surface area contributed by atoms with Crippen LogP contribution in [0.1, 0.15) is 19.0 Å². The lowest BCUT2D eigenvalue weighted by atomic mass is 10.4. The van der Waals surface area contributed by atoms with Gasteiger partial charge in [0, 0.05) is 6.42 Å². The lowest BCUT2D eigenvalue weighted by molar-refractivity contribution is 0.895. The molecule has 0 saturated carbocycles. The van der Waals surface area contributed by atoms with Gasteiger partial charge < -0.3 is 5.73 Å². The number of aliphatic imine (C=N–C) groups is 1. The Kier molecular flexibility index (Phi) is 2.59. The smallest absolute Gasteiger partial charge is 0.104 e. The van der Waals surface area contributed by atoms with Gasteiger partial charge in [-0.1, -0.05) is 6.92 Å². The highest BCUT2D eigenvalue weighted by molar-refractivity contribution is 5.79. The number of aromatic nitrogens is 3. The van der Waals surface area contributed by atoms with E-state index in [9.17, 15) is 0 Å². The van der Waals surface area contributed by atoms with Crippen LogP contribution in [0.25, 0.3) is 0 Å². The molecule has 0 atom stereocenters. The van der Waals surface area contributed by atoms with Gasteiger partial charge in [-0.3, -0.25) is 4.99 Å². The molecule has 0 unspecified atom stereocenters. The molecule has 0 fully saturated rings. The summed E-state index contributed by atoms with van der Waals surface area (Å²) in [4.78, 5) is 4.06. The lowest BCUT2D eigenvalue weighted by Crippen LogP contribution is -2.09. The lowest BCUT2D eigenvalue weighted by Gasteiger charge is -1.92. The second kappa shape index (κ2) is 3.70. The molecule has 3 N–H and O–H groups in total. The minimum absolute atomic E-state index is 0.510. The first-order valence-corrected chi connectivity index (χ1v) is 3.46. The van der Waals surface area contributed by atoms with Gasteiger partial charge in [0.15, 0.2) is 0 Å². The standard InChI is InChI=1S/C6H11N5/c1-2-6(7)8-3-5-4-9-11-10-5/h4H,2-3H2,1H3,(H2,7,8)(H,9,10,11). The first kappa shape index (κ1) is 7.71. The number of hydrogen-bond donors (Lipinski definition) is 2. The summed E-state index contributed by atoms with van der Waals surface area (Å²) in [6, 6.07) is 0. The Hall–Kier alpha value is -1.39. The third kappa shape index (κ3) is 2.37. The summed E-state index contributed by atoms with van der Waals surface area (Å²) in [5, 5.41) is 9.96. The largest absolute Gasteiger partial charge is 0.387 e. The van der Waals surface area contributed by atoms with E-state index < -0.39 is 0 Å². The van der Waals surface area contributed by atoms with E-state index >= 15 is 0 Å². The molecule has 5 nitrogen and oxygen atoms in total. The molecule has 0 bridgehead atoms. The summed E-state index contributed by atoms with van der Waals surface area (Å²) in [7, 11) is 0. The maximum Gasteiger partial charge on any atom is 0.104 e. The molecule has 60 valence electrons. The quantitative estimate of drug-likeness (QED) is 0.476. The van der Waals surface area contributed by atoms with Crippen LogP contribution < -0.4 is 5.73 Å². The molecule has 0 aliphatic carbocycles. The number of amidine groups is 1. The van der Waals surface area contributed by atoms with Crippen LogP contribution in [-0.2, 0) is 6.54 Å². The number of nitrogens with zero attached hydrogens (tertiary/aromatic N) is 3. The van der Waals surface area contributed by atoms with Crippen LogP contribution in [0.4, 0.5) is 0 Å². The fraction of sp³-hybridized carbons (Fsp3) is 0.500. The van der Waals surface area contributed by atoms with E-state index in [4.69, 9.17) is 5.73 Å². The predicted molar refractivity (Wildman–Crippen MR) is 42.0 cm³/mol. The summed E-state index contributed by atoms with van der Waals surface area (Å²) in [6.07, 6.45) is 2.41. The predicted octanol–water partition coefficient (Wildman–Crippen LogP) is 0.0719. The van der Waals surface area contributed by atoms with Crippen molar-refractivity contribution in [2.45, 2.75) is 19.9 Å². The topological polar surface area (TPSA) is 80.0 Å². The van der Waals surface area contributed by atoms with Gasteiger partial charge in [-0.2, -0.15) is 15.4 Å². The van der Waals surface area contributed by atoms with Crippen molar-refractivity contribution in [3.63, 3.8) is 0 Å². The van der Waals surface area contributed by atoms with Crippen LogP contribution in [0, 0.1) is 0 Å². The average Bonchev–Trinajstić information content (AvgIpc) is 2.52. The minimum atomic E-state index is 0.510. The van der Waals surface area contributed by atoms with Gasteiger partial charge >= 0.3 is 0 Å². The average molecular weight is 153 g/mol. The van der Waals surface area contributed by atoms with Crippen molar-refractivity contribution in [3.05, 3.63) is 11.9 Å². The van der Waals surface area contributed by atoms with Crippen molar-refractivity contribution in [2.24, 2.45) is 10.7 Å². The molecular weight excluding hydrogens is 142 g/mol. The van der Waals surface area contributed by atoms with Crippen LogP contribution >= 0.6 is 0 Å². The van der Waals surface area contributed by atoms with Gasteiger partial charge in [0.2, 0.25) is 0 Å². The van der Waals surface area contributed by atoms with Gasteiger partial charge in [-0.15, -0.1) is 0 Å². The van der Waals surface area contributed by atoms with E-state index in [1.807, 2.05) is 6.92 Å². The van der Waals surface area contributed by atoms with Crippen LogP contribution in [0.15, 0.2) is 11.2 Å². The van der Waals surface area contributed by atoms with Gasteiger partial charge in [0.1, 0.15) is 5.69 Å². The van der Waals surface area contributed by atoms with E-state index in [-0.39, 0.29) is 0 Å². The fourth-order valence-electron chi connectivity index (χ4n) is 0.596. The molecule has 0 aliphatic heterocycles. The number of rotatable bonds is 3. The Morgan fingerprint density at radius 1 is 1.82 bits per heavy atom. The Labute approximate surface area is 64.7 Å². The Morgan fingerprint density at radius 3 is 3.18 bits per heavy atom. The van der Waals surface area contributed by atoms with Crippen molar-refractivity contribution < 1.29 is 0 Å². The molecule has 1 heterocycles. The molecule has 1 aromatic heterocycles. The van der Waals surface area contributed by atoms with E-state index in [1.165, 1.54) is 0 Å². The molecule has 1 rings (SSSR count). The van der Waals surface area contributed by atoms with Gasteiger partial charge in [-0.05, 0) is 0 Å². The third-order valence-electron chi connectivity index (χ3n) is 1.27. The minimum Gasteiger partial charge on any atom is -0.387 e. The highest BCUT2D eigenvalue weighted by Gasteiger charge is 1.92.